The van der Waals surface area contributed by atoms with E-state index in [1.165, 1.54) is 35.6 Å². The molecule has 30 heavy (non-hydrogen) atoms. The summed E-state index contributed by atoms with van der Waals surface area (Å²) in [5.74, 6) is -0.431. The fraction of sp³-hybridized carbons (Fsp3) is 0.190. The van der Waals surface area contributed by atoms with Gasteiger partial charge < -0.3 is 19.5 Å². The quantitative estimate of drug-likeness (QED) is 0.549. The van der Waals surface area contributed by atoms with Gasteiger partial charge in [-0.15, -0.1) is 11.3 Å². The number of ether oxygens (including phenoxy) is 3. The van der Waals surface area contributed by atoms with Crippen LogP contribution in [0.5, 0.6) is 11.5 Å². The third-order valence-corrected chi connectivity index (χ3v) is 4.92. The van der Waals surface area contributed by atoms with Gasteiger partial charge in [0, 0.05) is 16.6 Å². The number of benzene rings is 2. The van der Waals surface area contributed by atoms with E-state index in [4.69, 9.17) is 14.2 Å². The Morgan fingerprint density at radius 2 is 1.90 bits per heavy atom. The second kappa shape index (κ2) is 9.84. The molecule has 0 atom stereocenters. The van der Waals surface area contributed by atoms with Crippen molar-refractivity contribution in [1.29, 1.82) is 0 Å². The topological polar surface area (TPSA) is 86.8 Å². The SMILES string of the molecule is COc1ccc(-c2nc(CC(=O)OCC(=O)Nc3cccc(F)c3)cs2)cc1OC. The zero-order chi connectivity index (χ0) is 21.5. The molecule has 0 unspecified atom stereocenters. The molecule has 0 fully saturated rings. The molecule has 0 radical (unpaired) electrons. The van der Waals surface area contributed by atoms with Gasteiger partial charge in [-0.1, -0.05) is 6.07 Å². The number of thiazole rings is 1. The highest BCUT2D eigenvalue weighted by Gasteiger charge is 2.14. The first-order valence-corrected chi connectivity index (χ1v) is 9.74. The van der Waals surface area contributed by atoms with Gasteiger partial charge in [-0.3, -0.25) is 9.59 Å². The normalized spacial score (nSPS) is 10.4. The number of nitrogens with one attached hydrogen (secondary N) is 1. The molecule has 9 heteroatoms. The van der Waals surface area contributed by atoms with Crippen LogP contribution < -0.4 is 14.8 Å². The van der Waals surface area contributed by atoms with E-state index in [-0.39, 0.29) is 12.1 Å². The minimum atomic E-state index is -0.589. The highest BCUT2D eigenvalue weighted by molar-refractivity contribution is 7.13. The smallest absolute Gasteiger partial charge is 0.312 e. The molecule has 3 aromatic rings. The van der Waals surface area contributed by atoms with Crippen molar-refractivity contribution >= 4 is 28.9 Å². The maximum atomic E-state index is 13.1. The number of amides is 1. The first-order valence-electron chi connectivity index (χ1n) is 8.86. The van der Waals surface area contributed by atoms with Crippen LogP contribution in [-0.4, -0.2) is 37.7 Å². The Morgan fingerprint density at radius 1 is 1.10 bits per heavy atom. The predicted molar refractivity (Wildman–Crippen MR) is 110 cm³/mol. The second-order valence-corrected chi connectivity index (χ2v) is 6.97. The van der Waals surface area contributed by atoms with Crippen LogP contribution in [0, 0.1) is 5.82 Å². The van der Waals surface area contributed by atoms with Gasteiger partial charge in [-0.25, -0.2) is 9.37 Å². The fourth-order valence-electron chi connectivity index (χ4n) is 2.60. The average Bonchev–Trinajstić information content (AvgIpc) is 3.20. The number of halogens is 1. The van der Waals surface area contributed by atoms with Gasteiger partial charge in [0.15, 0.2) is 18.1 Å². The van der Waals surface area contributed by atoms with E-state index >= 15 is 0 Å². The Hall–Kier alpha value is -3.46. The Kier molecular flexibility index (Phi) is 6.97. The Bertz CT molecular complexity index is 1050. The van der Waals surface area contributed by atoms with Gasteiger partial charge in [0.25, 0.3) is 5.91 Å². The number of carbonyl (C=O) groups is 2. The minimum Gasteiger partial charge on any atom is -0.493 e. The monoisotopic (exact) mass is 430 g/mol. The average molecular weight is 430 g/mol. The van der Waals surface area contributed by atoms with Gasteiger partial charge >= 0.3 is 5.97 Å². The van der Waals surface area contributed by atoms with E-state index in [2.05, 4.69) is 10.3 Å². The summed E-state index contributed by atoms with van der Waals surface area (Å²) < 4.78 is 28.6. The van der Waals surface area contributed by atoms with Gasteiger partial charge in [-0.2, -0.15) is 0 Å². The summed E-state index contributed by atoms with van der Waals surface area (Å²) in [6.07, 6.45) is -0.0724. The summed E-state index contributed by atoms with van der Waals surface area (Å²) in [6, 6.07) is 10.9. The Labute approximate surface area is 176 Å². The van der Waals surface area contributed by atoms with E-state index in [0.717, 1.165) is 5.56 Å². The van der Waals surface area contributed by atoms with Crippen molar-refractivity contribution in [2.24, 2.45) is 0 Å². The van der Waals surface area contributed by atoms with E-state index in [1.807, 2.05) is 6.07 Å². The van der Waals surface area contributed by atoms with Crippen molar-refractivity contribution < 1.29 is 28.2 Å². The number of aromatic nitrogens is 1. The molecule has 0 saturated carbocycles. The number of nitrogens with zero attached hydrogens (tertiary/aromatic N) is 1. The number of hydrogen-bond donors (Lipinski definition) is 1. The standard InChI is InChI=1S/C21H19FN2O5S/c1-27-17-7-6-13(8-18(17)28-2)21-24-16(12-30-21)10-20(26)29-11-19(25)23-15-5-3-4-14(22)9-15/h3-9,12H,10-11H2,1-2H3,(H,23,25). The van der Waals surface area contributed by atoms with Crippen LogP contribution in [0.4, 0.5) is 10.1 Å². The molecule has 0 aliphatic carbocycles. The minimum absolute atomic E-state index is 0.0724. The highest BCUT2D eigenvalue weighted by atomic mass is 32.1. The number of carbonyl (C=O) groups excluding carboxylic acids is 2. The van der Waals surface area contributed by atoms with E-state index in [0.29, 0.717) is 22.2 Å². The number of anilines is 1. The van der Waals surface area contributed by atoms with Crippen LogP contribution in [0.3, 0.4) is 0 Å². The number of hydrogen-bond acceptors (Lipinski definition) is 7. The molecule has 0 saturated heterocycles. The number of rotatable bonds is 8. The molecule has 0 aliphatic rings. The molecule has 156 valence electrons. The van der Waals surface area contributed by atoms with Crippen LogP contribution in [0.1, 0.15) is 5.69 Å². The molecule has 0 bridgehead atoms. The molecular formula is C21H19FN2O5S. The van der Waals surface area contributed by atoms with Crippen molar-refractivity contribution in [2.45, 2.75) is 6.42 Å². The maximum absolute atomic E-state index is 13.1. The second-order valence-electron chi connectivity index (χ2n) is 6.11. The summed E-state index contributed by atoms with van der Waals surface area (Å²) in [5.41, 5.74) is 1.64. The molecule has 1 aromatic heterocycles. The van der Waals surface area contributed by atoms with Crippen LogP contribution in [0.15, 0.2) is 47.8 Å². The number of methoxy groups -OCH3 is 2. The van der Waals surface area contributed by atoms with Crippen LogP contribution >= 0.6 is 11.3 Å². The first kappa shape index (κ1) is 21.3. The van der Waals surface area contributed by atoms with E-state index in [9.17, 15) is 14.0 Å². The van der Waals surface area contributed by atoms with Crippen LogP contribution in [0.25, 0.3) is 10.6 Å². The van der Waals surface area contributed by atoms with Crippen molar-refractivity contribution in [3.05, 3.63) is 59.4 Å². The van der Waals surface area contributed by atoms with Crippen LogP contribution in [-0.2, 0) is 20.7 Å². The lowest BCUT2D eigenvalue weighted by Crippen LogP contribution is -2.21. The molecule has 1 heterocycles. The zero-order valence-electron chi connectivity index (χ0n) is 16.3. The predicted octanol–water partition coefficient (Wildman–Crippen LogP) is 3.69. The summed E-state index contributed by atoms with van der Waals surface area (Å²) in [7, 11) is 3.11. The fourth-order valence-corrected chi connectivity index (χ4v) is 3.41. The first-order chi connectivity index (χ1) is 14.5. The lowest BCUT2D eigenvalue weighted by Gasteiger charge is -2.08. The zero-order valence-corrected chi connectivity index (χ0v) is 17.1. The highest BCUT2D eigenvalue weighted by Crippen LogP contribution is 2.33. The van der Waals surface area contributed by atoms with Gasteiger partial charge in [0.05, 0.1) is 26.3 Å². The molecule has 2 aromatic carbocycles. The molecule has 0 spiro atoms. The molecular weight excluding hydrogens is 411 g/mol. The van der Waals surface area contributed by atoms with E-state index < -0.39 is 24.3 Å². The third-order valence-electron chi connectivity index (χ3n) is 3.98. The summed E-state index contributed by atoms with van der Waals surface area (Å²) in [5, 5.41) is 4.92. The Morgan fingerprint density at radius 3 is 2.63 bits per heavy atom. The summed E-state index contributed by atoms with van der Waals surface area (Å²) >= 11 is 1.37. The van der Waals surface area contributed by atoms with Gasteiger partial charge in [0.1, 0.15) is 10.8 Å². The summed E-state index contributed by atoms with van der Waals surface area (Å²) in [6.45, 7) is -0.470. The van der Waals surface area contributed by atoms with Crippen molar-refractivity contribution in [3.8, 4) is 22.1 Å². The van der Waals surface area contributed by atoms with Gasteiger partial charge in [0.2, 0.25) is 0 Å². The lowest BCUT2D eigenvalue weighted by atomic mass is 10.2. The maximum Gasteiger partial charge on any atom is 0.312 e. The molecule has 3 rings (SSSR count). The molecule has 1 amide bonds. The third kappa shape index (κ3) is 5.54. The number of esters is 1. The van der Waals surface area contributed by atoms with Crippen molar-refractivity contribution in [2.75, 3.05) is 26.1 Å². The summed E-state index contributed by atoms with van der Waals surface area (Å²) in [4.78, 5) is 28.3. The van der Waals surface area contributed by atoms with Crippen LogP contribution in [0.2, 0.25) is 0 Å². The van der Waals surface area contributed by atoms with Crippen molar-refractivity contribution in [3.63, 3.8) is 0 Å². The van der Waals surface area contributed by atoms with E-state index in [1.54, 1.807) is 31.7 Å². The molecule has 1 N–H and O–H groups in total. The largest absolute Gasteiger partial charge is 0.493 e. The Balaban J connectivity index is 1.54. The lowest BCUT2D eigenvalue weighted by molar-refractivity contribution is -0.146. The molecule has 7 nitrogen and oxygen atoms in total. The van der Waals surface area contributed by atoms with Crippen molar-refractivity contribution in [1.82, 2.24) is 4.98 Å². The molecule has 0 aliphatic heterocycles. The van der Waals surface area contributed by atoms with Gasteiger partial charge in [-0.05, 0) is 36.4 Å².